The number of rotatable bonds is 6. The van der Waals surface area contributed by atoms with E-state index in [1.807, 2.05) is 18.3 Å². The van der Waals surface area contributed by atoms with Crippen LogP contribution in [0.5, 0.6) is 11.5 Å². The minimum Gasteiger partial charge on any atom is -0.493 e. The second kappa shape index (κ2) is 7.88. The Labute approximate surface area is 147 Å². The van der Waals surface area contributed by atoms with Gasteiger partial charge in [-0.1, -0.05) is 6.07 Å². The molecule has 0 atom stereocenters. The van der Waals surface area contributed by atoms with Gasteiger partial charge in [-0.05, 0) is 42.7 Å². The van der Waals surface area contributed by atoms with Crippen molar-refractivity contribution in [3.05, 3.63) is 47.7 Å². The lowest BCUT2D eigenvalue weighted by atomic mass is 10.2. The molecule has 3 rings (SSSR count). The maximum absolute atomic E-state index is 12.3. The fraction of sp³-hybridized carbons (Fsp3) is 0.368. The van der Waals surface area contributed by atoms with Crippen LogP contribution in [0.25, 0.3) is 0 Å². The van der Waals surface area contributed by atoms with Gasteiger partial charge in [0.1, 0.15) is 5.82 Å². The van der Waals surface area contributed by atoms with Crippen LogP contribution in [-0.2, 0) is 6.54 Å². The Morgan fingerprint density at radius 2 is 1.88 bits per heavy atom. The van der Waals surface area contributed by atoms with Crippen LogP contribution in [0.1, 0.15) is 28.8 Å². The molecular formula is C19H23N3O3. The van der Waals surface area contributed by atoms with E-state index in [0.29, 0.717) is 23.6 Å². The van der Waals surface area contributed by atoms with Gasteiger partial charge in [0.05, 0.1) is 14.2 Å². The molecule has 25 heavy (non-hydrogen) atoms. The Balaban J connectivity index is 1.60. The van der Waals surface area contributed by atoms with Gasteiger partial charge in [0.2, 0.25) is 0 Å². The molecule has 1 fully saturated rings. The first kappa shape index (κ1) is 17.1. The molecule has 2 aromatic rings. The lowest BCUT2D eigenvalue weighted by Crippen LogP contribution is -2.23. The number of benzene rings is 1. The van der Waals surface area contributed by atoms with Crippen LogP contribution in [-0.4, -0.2) is 38.2 Å². The smallest absolute Gasteiger partial charge is 0.251 e. The van der Waals surface area contributed by atoms with Crippen LogP contribution in [0, 0.1) is 0 Å². The van der Waals surface area contributed by atoms with E-state index in [1.165, 1.54) is 12.8 Å². The van der Waals surface area contributed by atoms with Crippen molar-refractivity contribution in [2.45, 2.75) is 19.4 Å². The molecule has 0 spiro atoms. The minimum atomic E-state index is -0.162. The van der Waals surface area contributed by atoms with Gasteiger partial charge in [0.15, 0.2) is 11.5 Å². The van der Waals surface area contributed by atoms with Gasteiger partial charge < -0.3 is 19.7 Å². The van der Waals surface area contributed by atoms with Crippen LogP contribution in [0.4, 0.5) is 5.82 Å². The number of aromatic nitrogens is 1. The van der Waals surface area contributed by atoms with E-state index < -0.39 is 0 Å². The molecule has 1 saturated heterocycles. The maximum atomic E-state index is 12.3. The van der Waals surface area contributed by atoms with Gasteiger partial charge in [0, 0.05) is 31.4 Å². The summed E-state index contributed by atoms with van der Waals surface area (Å²) in [5.41, 5.74) is 1.50. The van der Waals surface area contributed by atoms with Crippen molar-refractivity contribution in [1.29, 1.82) is 0 Å². The van der Waals surface area contributed by atoms with Crippen molar-refractivity contribution in [2.24, 2.45) is 0 Å². The van der Waals surface area contributed by atoms with Gasteiger partial charge in [-0.25, -0.2) is 4.98 Å². The molecule has 1 amide bonds. The number of carbonyl (C=O) groups is 1. The summed E-state index contributed by atoms with van der Waals surface area (Å²) in [6, 6.07) is 9.13. The lowest BCUT2D eigenvalue weighted by Gasteiger charge is -2.16. The predicted molar refractivity (Wildman–Crippen MR) is 96.4 cm³/mol. The Hall–Kier alpha value is -2.76. The number of nitrogens with one attached hydrogen (secondary N) is 1. The zero-order valence-electron chi connectivity index (χ0n) is 14.6. The fourth-order valence-electron chi connectivity index (χ4n) is 2.92. The van der Waals surface area contributed by atoms with E-state index in [9.17, 15) is 4.79 Å². The summed E-state index contributed by atoms with van der Waals surface area (Å²) < 4.78 is 10.4. The Morgan fingerprint density at radius 3 is 2.52 bits per heavy atom. The largest absolute Gasteiger partial charge is 0.493 e. The molecule has 1 aromatic carbocycles. The molecule has 0 bridgehead atoms. The average molecular weight is 341 g/mol. The third-order valence-corrected chi connectivity index (χ3v) is 4.34. The zero-order valence-corrected chi connectivity index (χ0v) is 14.6. The molecule has 6 nitrogen and oxygen atoms in total. The van der Waals surface area contributed by atoms with Crippen LogP contribution in [0.15, 0.2) is 36.5 Å². The van der Waals surface area contributed by atoms with Crippen LogP contribution >= 0.6 is 0 Å². The normalized spacial score (nSPS) is 13.6. The van der Waals surface area contributed by atoms with E-state index in [2.05, 4.69) is 15.2 Å². The van der Waals surface area contributed by atoms with Crippen LogP contribution in [0.3, 0.4) is 0 Å². The van der Waals surface area contributed by atoms with Crippen molar-refractivity contribution in [3.63, 3.8) is 0 Å². The van der Waals surface area contributed by atoms with Crippen molar-refractivity contribution in [2.75, 3.05) is 32.2 Å². The van der Waals surface area contributed by atoms with Gasteiger partial charge in [0.25, 0.3) is 5.91 Å². The number of hydrogen-bond donors (Lipinski definition) is 1. The predicted octanol–water partition coefficient (Wildman–Crippen LogP) is 2.63. The third kappa shape index (κ3) is 4.02. The quantitative estimate of drug-likeness (QED) is 0.875. The topological polar surface area (TPSA) is 63.7 Å². The summed E-state index contributed by atoms with van der Waals surface area (Å²) in [7, 11) is 3.11. The second-order valence-electron chi connectivity index (χ2n) is 5.97. The van der Waals surface area contributed by atoms with Crippen molar-refractivity contribution < 1.29 is 14.3 Å². The fourth-order valence-corrected chi connectivity index (χ4v) is 2.92. The summed E-state index contributed by atoms with van der Waals surface area (Å²) in [4.78, 5) is 19.1. The first-order chi connectivity index (χ1) is 12.2. The van der Waals surface area contributed by atoms with Crippen LogP contribution < -0.4 is 19.7 Å². The molecule has 0 aliphatic carbocycles. The van der Waals surface area contributed by atoms with Gasteiger partial charge >= 0.3 is 0 Å². The standard InChI is InChI=1S/C19H23N3O3/c1-24-16-7-6-15(11-17(16)25-2)19(23)21-13-14-5-8-18(20-12-14)22-9-3-4-10-22/h5-8,11-12H,3-4,9-10,13H2,1-2H3,(H,21,23). The van der Waals surface area contributed by atoms with E-state index in [0.717, 1.165) is 24.5 Å². The second-order valence-corrected chi connectivity index (χ2v) is 5.97. The Morgan fingerprint density at radius 1 is 1.12 bits per heavy atom. The number of nitrogens with zero attached hydrogens (tertiary/aromatic N) is 2. The van der Waals surface area contributed by atoms with E-state index >= 15 is 0 Å². The number of anilines is 1. The number of hydrogen-bond acceptors (Lipinski definition) is 5. The number of ether oxygens (including phenoxy) is 2. The monoisotopic (exact) mass is 341 g/mol. The number of pyridine rings is 1. The molecular weight excluding hydrogens is 318 g/mol. The highest BCUT2D eigenvalue weighted by atomic mass is 16.5. The van der Waals surface area contributed by atoms with Crippen molar-refractivity contribution in [1.82, 2.24) is 10.3 Å². The molecule has 1 N–H and O–H groups in total. The molecule has 0 radical (unpaired) electrons. The number of amides is 1. The molecule has 6 heteroatoms. The lowest BCUT2D eigenvalue weighted by molar-refractivity contribution is 0.0950. The summed E-state index contributed by atoms with van der Waals surface area (Å²) in [6.45, 7) is 2.57. The Bertz CT molecular complexity index is 725. The highest BCUT2D eigenvalue weighted by molar-refractivity contribution is 5.94. The summed E-state index contributed by atoms with van der Waals surface area (Å²) in [5.74, 6) is 1.98. The minimum absolute atomic E-state index is 0.162. The molecule has 132 valence electrons. The maximum Gasteiger partial charge on any atom is 0.251 e. The van der Waals surface area contributed by atoms with E-state index in [-0.39, 0.29) is 5.91 Å². The van der Waals surface area contributed by atoms with E-state index in [1.54, 1.807) is 32.4 Å². The SMILES string of the molecule is COc1ccc(C(=O)NCc2ccc(N3CCCC3)nc2)cc1OC. The molecule has 0 unspecified atom stereocenters. The average Bonchev–Trinajstić information content (AvgIpc) is 3.20. The number of carbonyl (C=O) groups excluding carboxylic acids is 1. The first-order valence-corrected chi connectivity index (χ1v) is 8.41. The van der Waals surface area contributed by atoms with Crippen LogP contribution in [0.2, 0.25) is 0 Å². The number of methoxy groups -OCH3 is 2. The summed E-state index contributed by atoms with van der Waals surface area (Å²) >= 11 is 0. The van der Waals surface area contributed by atoms with Gasteiger partial charge in [-0.2, -0.15) is 0 Å². The first-order valence-electron chi connectivity index (χ1n) is 8.41. The van der Waals surface area contributed by atoms with Crippen molar-refractivity contribution >= 4 is 11.7 Å². The molecule has 1 aromatic heterocycles. The molecule has 1 aliphatic heterocycles. The highest BCUT2D eigenvalue weighted by Gasteiger charge is 2.13. The van der Waals surface area contributed by atoms with Crippen molar-refractivity contribution in [3.8, 4) is 11.5 Å². The van der Waals surface area contributed by atoms with Gasteiger partial charge in [-0.15, -0.1) is 0 Å². The third-order valence-electron chi connectivity index (χ3n) is 4.34. The molecule has 1 aliphatic rings. The van der Waals surface area contributed by atoms with E-state index in [4.69, 9.17) is 9.47 Å². The zero-order chi connectivity index (χ0) is 17.6. The van der Waals surface area contributed by atoms with Gasteiger partial charge in [-0.3, -0.25) is 4.79 Å². The summed E-state index contributed by atoms with van der Waals surface area (Å²) in [5, 5.41) is 2.90. The highest BCUT2D eigenvalue weighted by Crippen LogP contribution is 2.27. The molecule has 2 heterocycles. The summed E-state index contributed by atoms with van der Waals surface area (Å²) in [6.07, 6.45) is 4.28. The molecule has 0 saturated carbocycles. The Kier molecular flexibility index (Phi) is 5.38.